The van der Waals surface area contributed by atoms with Crippen molar-refractivity contribution in [1.29, 1.82) is 0 Å². The fourth-order valence-corrected chi connectivity index (χ4v) is 3.77. The Kier molecular flexibility index (Phi) is 7.44. The molecule has 144 valence electrons. The molecule has 0 heterocycles. The van der Waals surface area contributed by atoms with Gasteiger partial charge in [0.15, 0.2) is 0 Å². The molecule has 2 rings (SSSR count). The number of hydrogen-bond acceptors (Lipinski definition) is 4. The third-order valence-corrected chi connectivity index (χ3v) is 5.03. The molecule has 7 heteroatoms. The van der Waals surface area contributed by atoms with Crippen LogP contribution in [0.15, 0.2) is 38.3 Å². The topological polar surface area (TPSA) is 70.9 Å². The van der Waals surface area contributed by atoms with E-state index < -0.39 is 5.91 Å². The van der Waals surface area contributed by atoms with E-state index in [4.69, 9.17) is 4.74 Å². The van der Waals surface area contributed by atoms with Gasteiger partial charge in [-0.25, -0.2) is 5.43 Å². The Bertz CT molecular complexity index is 880. The molecule has 0 fully saturated rings. The Hall–Kier alpha value is -1.86. The number of aromatic hydroxyl groups is 1. The largest absolute Gasteiger partial charge is 0.506 e. The van der Waals surface area contributed by atoms with Crippen LogP contribution < -0.4 is 10.2 Å². The molecule has 0 atom stereocenters. The van der Waals surface area contributed by atoms with E-state index in [-0.39, 0.29) is 11.3 Å². The number of rotatable bonds is 6. The van der Waals surface area contributed by atoms with Crippen LogP contribution >= 0.6 is 31.9 Å². The number of hydrazone groups is 1. The highest BCUT2D eigenvalue weighted by atomic mass is 79.9. The van der Waals surface area contributed by atoms with E-state index in [0.717, 1.165) is 22.4 Å². The van der Waals surface area contributed by atoms with Crippen molar-refractivity contribution in [3.63, 3.8) is 0 Å². The second-order valence-electron chi connectivity index (χ2n) is 6.32. The summed E-state index contributed by atoms with van der Waals surface area (Å²) in [6.07, 6.45) is 1.60. The van der Waals surface area contributed by atoms with Crippen molar-refractivity contribution >= 4 is 44.0 Å². The molecule has 1 amide bonds. The number of hydrogen-bond donors (Lipinski definition) is 2. The summed E-state index contributed by atoms with van der Waals surface area (Å²) in [6, 6.07) is 7.20. The molecule has 0 aliphatic rings. The van der Waals surface area contributed by atoms with Gasteiger partial charge in [0.05, 0.1) is 22.9 Å². The number of aryl methyl sites for hydroxylation is 1. The van der Waals surface area contributed by atoms with Gasteiger partial charge in [-0.05, 0) is 76.7 Å². The molecular weight excluding hydrogens is 476 g/mol. The fraction of sp³-hybridized carbons (Fsp3) is 0.300. The van der Waals surface area contributed by atoms with Gasteiger partial charge in [0.25, 0.3) is 5.91 Å². The average Bonchev–Trinajstić information content (AvgIpc) is 2.59. The molecule has 0 aliphatic carbocycles. The monoisotopic (exact) mass is 496 g/mol. The standard InChI is InChI=1S/C20H22Br2N2O3/c1-5-27-18-6-12(4)13(7-15(18)11(2)3)10-23-24-20(26)16-8-14(21)9-17(22)19(16)25/h6-11,25H,5H2,1-4H3,(H,24,26)/b23-10-. The fourth-order valence-electron chi connectivity index (χ4n) is 2.55. The van der Waals surface area contributed by atoms with Crippen molar-refractivity contribution in [3.8, 4) is 11.5 Å². The van der Waals surface area contributed by atoms with Gasteiger partial charge in [0.2, 0.25) is 0 Å². The van der Waals surface area contributed by atoms with E-state index in [1.807, 2.05) is 26.0 Å². The van der Waals surface area contributed by atoms with Gasteiger partial charge in [-0.15, -0.1) is 0 Å². The molecule has 0 saturated carbocycles. The molecule has 0 unspecified atom stereocenters. The molecule has 5 nitrogen and oxygen atoms in total. The minimum atomic E-state index is -0.501. The number of nitrogens with zero attached hydrogens (tertiary/aromatic N) is 1. The predicted molar refractivity (Wildman–Crippen MR) is 115 cm³/mol. The van der Waals surface area contributed by atoms with E-state index in [0.29, 0.717) is 21.5 Å². The number of nitrogens with one attached hydrogen (secondary N) is 1. The minimum Gasteiger partial charge on any atom is -0.506 e. The lowest BCUT2D eigenvalue weighted by atomic mass is 9.97. The number of ether oxygens (including phenoxy) is 1. The Morgan fingerprint density at radius 1 is 1.30 bits per heavy atom. The molecule has 0 spiro atoms. The zero-order valence-electron chi connectivity index (χ0n) is 15.6. The zero-order valence-corrected chi connectivity index (χ0v) is 18.8. The highest BCUT2D eigenvalue weighted by molar-refractivity contribution is 9.11. The van der Waals surface area contributed by atoms with Gasteiger partial charge >= 0.3 is 0 Å². The number of phenolic OH excluding ortho intramolecular Hbond substituents is 1. The number of phenols is 1. The van der Waals surface area contributed by atoms with Crippen molar-refractivity contribution in [2.75, 3.05) is 6.61 Å². The summed E-state index contributed by atoms with van der Waals surface area (Å²) in [6.45, 7) is 8.73. The van der Waals surface area contributed by atoms with Gasteiger partial charge in [0.1, 0.15) is 11.5 Å². The van der Waals surface area contributed by atoms with Crippen molar-refractivity contribution in [2.45, 2.75) is 33.6 Å². The summed E-state index contributed by atoms with van der Waals surface area (Å²) in [5, 5.41) is 14.1. The molecule has 2 aromatic rings. The molecule has 0 radical (unpaired) electrons. The summed E-state index contributed by atoms with van der Waals surface area (Å²) in [5.74, 6) is 0.531. The third-order valence-electron chi connectivity index (χ3n) is 3.96. The quantitative estimate of drug-likeness (QED) is 0.408. The van der Waals surface area contributed by atoms with Gasteiger partial charge in [-0.3, -0.25) is 4.79 Å². The molecule has 2 aromatic carbocycles. The Balaban J connectivity index is 2.23. The molecule has 0 aliphatic heterocycles. The smallest absolute Gasteiger partial charge is 0.275 e. The van der Waals surface area contributed by atoms with Crippen molar-refractivity contribution < 1.29 is 14.6 Å². The molecule has 0 saturated heterocycles. The summed E-state index contributed by atoms with van der Waals surface area (Å²) >= 11 is 6.51. The van der Waals surface area contributed by atoms with Gasteiger partial charge in [-0.2, -0.15) is 5.10 Å². The maximum absolute atomic E-state index is 12.3. The lowest BCUT2D eigenvalue weighted by molar-refractivity contribution is 0.0952. The van der Waals surface area contributed by atoms with Crippen LogP contribution in [0.5, 0.6) is 11.5 Å². The van der Waals surface area contributed by atoms with E-state index in [9.17, 15) is 9.90 Å². The molecule has 2 N–H and O–H groups in total. The maximum Gasteiger partial charge on any atom is 0.275 e. The van der Waals surface area contributed by atoms with Crippen LogP contribution in [0.25, 0.3) is 0 Å². The Morgan fingerprint density at radius 3 is 2.63 bits per heavy atom. The van der Waals surface area contributed by atoms with Gasteiger partial charge in [-0.1, -0.05) is 29.8 Å². The number of carbonyl (C=O) groups excluding carboxylic acids is 1. The highest BCUT2D eigenvalue weighted by Gasteiger charge is 2.15. The lowest BCUT2D eigenvalue weighted by Crippen LogP contribution is -2.18. The zero-order chi connectivity index (χ0) is 20.1. The minimum absolute atomic E-state index is 0.125. The van der Waals surface area contributed by atoms with Crippen LogP contribution in [0.1, 0.15) is 53.7 Å². The number of amides is 1. The van der Waals surface area contributed by atoms with Crippen LogP contribution in [-0.2, 0) is 0 Å². The van der Waals surface area contributed by atoms with Crippen LogP contribution in [0, 0.1) is 6.92 Å². The maximum atomic E-state index is 12.3. The first-order valence-corrected chi connectivity index (χ1v) is 10.1. The van der Waals surface area contributed by atoms with E-state index in [2.05, 4.69) is 56.2 Å². The van der Waals surface area contributed by atoms with E-state index in [1.54, 1.807) is 12.3 Å². The first kappa shape index (κ1) is 21.4. The van der Waals surface area contributed by atoms with Gasteiger partial charge < -0.3 is 9.84 Å². The van der Waals surface area contributed by atoms with Crippen molar-refractivity contribution in [1.82, 2.24) is 5.43 Å². The second-order valence-corrected chi connectivity index (χ2v) is 8.09. The number of carbonyl (C=O) groups is 1. The normalized spacial score (nSPS) is 11.2. The van der Waals surface area contributed by atoms with Crippen molar-refractivity contribution in [3.05, 3.63) is 55.5 Å². The summed E-state index contributed by atoms with van der Waals surface area (Å²) in [4.78, 5) is 12.3. The van der Waals surface area contributed by atoms with Crippen LogP contribution in [-0.4, -0.2) is 23.8 Å². The first-order chi connectivity index (χ1) is 12.7. The average molecular weight is 498 g/mol. The van der Waals surface area contributed by atoms with E-state index in [1.165, 1.54) is 6.07 Å². The number of halogens is 2. The second kappa shape index (κ2) is 9.37. The van der Waals surface area contributed by atoms with E-state index >= 15 is 0 Å². The Labute approximate surface area is 176 Å². The van der Waals surface area contributed by atoms with Crippen LogP contribution in [0.3, 0.4) is 0 Å². The summed E-state index contributed by atoms with van der Waals surface area (Å²) < 4.78 is 6.82. The lowest BCUT2D eigenvalue weighted by Gasteiger charge is -2.15. The predicted octanol–water partition coefficient (Wildman–Crippen LogP) is 5.51. The molecule has 0 bridgehead atoms. The highest BCUT2D eigenvalue weighted by Crippen LogP contribution is 2.32. The Morgan fingerprint density at radius 2 is 2.00 bits per heavy atom. The SMILES string of the molecule is CCOc1cc(C)c(/C=N\NC(=O)c2cc(Br)cc(Br)c2O)cc1C(C)C. The molecular formula is C20H22Br2N2O3. The molecule has 0 aromatic heterocycles. The van der Waals surface area contributed by atoms with Crippen molar-refractivity contribution in [2.24, 2.45) is 5.10 Å². The molecule has 27 heavy (non-hydrogen) atoms. The summed E-state index contributed by atoms with van der Waals surface area (Å²) in [5.41, 5.74) is 5.55. The first-order valence-electron chi connectivity index (χ1n) is 8.53. The third kappa shape index (κ3) is 5.32. The summed E-state index contributed by atoms with van der Waals surface area (Å²) in [7, 11) is 0. The van der Waals surface area contributed by atoms with Crippen LogP contribution in [0.4, 0.5) is 0 Å². The van der Waals surface area contributed by atoms with Crippen LogP contribution in [0.2, 0.25) is 0 Å². The van der Waals surface area contributed by atoms with Gasteiger partial charge in [0, 0.05) is 4.47 Å². The number of benzene rings is 2.